The summed E-state index contributed by atoms with van der Waals surface area (Å²) >= 11 is 18.4. The number of nitrogens with zero attached hydrogens (tertiary/aromatic N) is 5. The molecule has 28 heteroatoms. The third-order valence-corrected chi connectivity index (χ3v) is 21.5. The molecule has 5 heterocycles. The topological polar surface area (TPSA) is 275 Å². The number of carbonyl (C=O) groups is 5. The SMILES string of the molecule is CCCCCCCOc1ccc(Cl)cc1COc1ccccc1C(=O)Nc1cccnc1.CCCCCCOc1ccc(Cl)cc1COc1ccccc1C(=O)Nc1cccnc1.Cc1ccc(Cl)cc1COc1ccccc1C(=O)Nc1cccnc1.Cc1ccccc1COc1ccccc1C(=O)Nc1cccnc1.O=C(Nc1cccnc1)c1ccccc1OCc1cccc(C(F)(F)F)c1. The number of alkyl halides is 3. The van der Waals surface area contributed by atoms with Gasteiger partial charge in [-0.15, -0.1) is 0 Å². The quantitative estimate of drug-likeness (QED) is 0.0225. The predicted octanol–water partition coefficient (Wildman–Crippen LogP) is 27.5. The monoisotopic (exact) mass is 1930 g/mol. The first-order chi connectivity index (χ1) is 67.6. The smallest absolute Gasteiger partial charge is 0.416 e. The maximum absolute atomic E-state index is 12.8. The number of aromatic nitrogens is 5. The molecule has 0 spiro atoms. The van der Waals surface area contributed by atoms with Gasteiger partial charge in [-0.3, -0.25) is 48.9 Å². The van der Waals surface area contributed by atoms with Gasteiger partial charge in [0.15, 0.2) is 0 Å². The molecule has 0 aliphatic rings. The van der Waals surface area contributed by atoms with Crippen molar-refractivity contribution in [3.8, 4) is 40.2 Å². The van der Waals surface area contributed by atoms with Gasteiger partial charge in [0, 0.05) is 57.2 Å². The van der Waals surface area contributed by atoms with Crippen molar-refractivity contribution in [2.75, 3.05) is 39.8 Å². The Hall–Kier alpha value is -15.4. The lowest BCUT2D eigenvalue weighted by Gasteiger charge is -2.15. The minimum Gasteiger partial charge on any atom is -0.493 e. The number of unbranched alkanes of at least 4 members (excludes halogenated alkanes) is 7. The van der Waals surface area contributed by atoms with E-state index in [0.717, 1.165) is 82.7 Å². The first kappa shape index (κ1) is 104. The Labute approximate surface area is 822 Å². The van der Waals surface area contributed by atoms with Gasteiger partial charge in [0.2, 0.25) is 0 Å². The van der Waals surface area contributed by atoms with Gasteiger partial charge < -0.3 is 59.7 Å². The fourth-order valence-corrected chi connectivity index (χ4v) is 14.1. The van der Waals surface area contributed by atoms with Crippen LogP contribution in [0.25, 0.3) is 0 Å². The van der Waals surface area contributed by atoms with E-state index in [9.17, 15) is 37.1 Å². The van der Waals surface area contributed by atoms with E-state index in [0.29, 0.717) is 121 Å². The number of pyridine rings is 5. The normalized spacial score (nSPS) is 10.5. The molecular formula is C111H106Cl3F3N10O12. The van der Waals surface area contributed by atoms with Crippen LogP contribution < -0.4 is 59.7 Å². The highest BCUT2D eigenvalue weighted by atomic mass is 35.5. The number of anilines is 5. The number of amides is 5. The van der Waals surface area contributed by atoms with Crippen molar-refractivity contribution in [1.82, 2.24) is 24.9 Å². The highest BCUT2D eigenvalue weighted by Crippen LogP contribution is 2.34. The molecule has 0 unspecified atom stereocenters. The number of hydrogen-bond acceptors (Lipinski definition) is 17. The van der Waals surface area contributed by atoms with Gasteiger partial charge in [-0.05, 0) is 236 Å². The highest BCUT2D eigenvalue weighted by Gasteiger charge is 2.31. The molecule has 15 aromatic rings. The van der Waals surface area contributed by atoms with Crippen LogP contribution in [0, 0.1) is 13.8 Å². The molecule has 10 aromatic carbocycles. The third kappa shape index (κ3) is 35.0. The molecule has 15 rings (SSSR count). The van der Waals surface area contributed by atoms with Crippen LogP contribution in [-0.2, 0) is 39.2 Å². The first-order valence-electron chi connectivity index (χ1n) is 45.1. The number of halogens is 6. The van der Waals surface area contributed by atoms with Crippen LogP contribution in [0.15, 0.2) is 347 Å². The summed E-state index contributed by atoms with van der Waals surface area (Å²) in [5.74, 6) is 2.43. The van der Waals surface area contributed by atoms with Crippen LogP contribution in [-0.4, -0.2) is 67.7 Å². The molecular weight excluding hydrogens is 1830 g/mol. The largest absolute Gasteiger partial charge is 0.493 e. The second-order valence-corrected chi connectivity index (χ2v) is 32.6. The molecule has 5 amide bonds. The summed E-state index contributed by atoms with van der Waals surface area (Å²) in [6.45, 7) is 10.9. The van der Waals surface area contributed by atoms with Crippen molar-refractivity contribution in [2.45, 2.75) is 125 Å². The molecule has 22 nitrogen and oxygen atoms in total. The van der Waals surface area contributed by atoms with E-state index in [4.69, 9.17) is 68.0 Å². The summed E-state index contributed by atoms with van der Waals surface area (Å²) in [4.78, 5) is 82.9. The van der Waals surface area contributed by atoms with Crippen molar-refractivity contribution in [1.29, 1.82) is 0 Å². The van der Waals surface area contributed by atoms with Crippen LogP contribution in [0.2, 0.25) is 15.1 Å². The second kappa shape index (κ2) is 56.2. The summed E-state index contributed by atoms with van der Waals surface area (Å²) in [6, 6.07) is 82.4. The van der Waals surface area contributed by atoms with E-state index in [2.05, 4.69) is 65.4 Å². The third-order valence-electron chi connectivity index (χ3n) is 20.8. The molecule has 5 N–H and O–H groups in total. The molecule has 0 radical (unpaired) electrons. The number of para-hydroxylation sites is 5. The fourth-order valence-electron chi connectivity index (χ4n) is 13.5. The van der Waals surface area contributed by atoms with E-state index >= 15 is 0 Å². The van der Waals surface area contributed by atoms with Gasteiger partial charge >= 0.3 is 6.18 Å². The van der Waals surface area contributed by atoms with Crippen molar-refractivity contribution in [3.05, 3.63) is 434 Å². The molecule has 714 valence electrons. The fraction of sp³-hybridized carbons (Fsp3) is 0.189. The van der Waals surface area contributed by atoms with Crippen LogP contribution in [0.3, 0.4) is 0 Å². The van der Waals surface area contributed by atoms with Gasteiger partial charge in [0.1, 0.15) is 73.3 Å². The maximum Gasteiger partial charge on any atom is 0.416 e. The zero-order chi connectivity index (χ0) is 98.2. The number of hydrogen-bond donors (Lipinski definition) is 5. The summed E-state index contributed by atoms with van der Waals surface area (Å²) < 4.78 is 79.8. The Balaban J connectivity index is 0.000000167. The van der Waals surface area contributed by atoms with Gasteiger partial charge in [0.25, 0.3) is 29.5 Å². The average molecular weight is 1940 g/mol. The van der Waals surface area contributed by atoms with E-state index in [1.54, 1.807) is 207 Å². The Morgan fingerprint density at radius 2 is 0.576 bits per heavy atom. The van der Waals surface area contributed by atoms with Crippen molar-refractivity contribution < 1.29 is 70.3 Å². The lowest BCUT2D eigenvalue weighted by Crippen LogP contribution is -2.14. The van der Waals surface area contributed by atoms with Crippen LogP contribution in [0.4, 0.5) is 41.6 Å². The molecule has 0 fully saturated rings. The Bertz CT molecular complexity index is 6410. The summed E-state index contributed by atoms with van der Waals surface area (Å²) in [7, 11) is 0. The van der Waals surface area contributed by atoms with Gasteiger partial charge in [-0.1, -0.05) is 197 Å². The minimum atomic E-state index is -4.42. The molecule has 0 atom stereocenters. The predicted molar refractivity (Wildman–Crippen MR) is 540 cm³/mol. The molecule has 0 aliphatic carbocycles. The number of rotatable bonds is 38. The summed E-state index contributed by atoms with van der Waals surface area (Å²) in [5.41, 5.74) is 10.8. The molecule has 0 bridgehead atoms. The van der Waals surface area contributed by atoms with Crippen LogP contribution in [0.1, 0.15) is 168 Å². The van der Waals surface area contributed by atoms with E-state index in [1.165, 1.54) is 50.4 Å². The zero-order valence-electron chi connectivity index (χ0n) is 77.1. The molecule has 0 saturated carbocycles. The number of nitrogens with one attached hydrogen (secondary N) is 5. The van der Waals surface area contributed by atoms with E-state index in [1.807, 2.05) is 123 Å². The molecule has 0 aliphatic heterocycles. The van der Waals surface area contributed by atoms with Crippen LogP contribution in [0.5, 0.6) is 40.2 Å². The summed E-state index contributed by atoms with van der Waals surface area (Å²) in [5, 5.41) is 15.9. The average Bonchev–Trinajstić information content (AvgIpc) is 0.844. The molecule has 139 heavy (non-hydrogen) atoms. The lowest BCUT2D eigenvalue weighted by molar-refractivity contribution is -0.137. The Morgan fingerprint density at radius 3 is 0.914 bits per heavy atom. The lowest BCUT2D eigenvalue weighted by atomic mass is 10.1. The van der Waals surface area contributed by atoms with Crippen molar-refractivity contribution in [3.63, 3.8) is 0 Å². The zero-order valence-corrected chi connectivity index (χ0v) is 79.4. The number of aryl methyl sites for hydroxylation is 2. The van der Waals surface area contributed by atoms with E-state index in [-0.39, 0.29) is 54.8 Å². The number of benzene rings is 10. The van der Waals surface area contributed by atoms with Gasteiger partial charge in [-0.2, -0.15) is 13.2 Å². The van der Waals surface area contributed by atoms with Crippen molar-refractivity contribution >= 4 is 92.8 Å². The Morgan fingerprint density at radius 1 is 0.281 bits per heavy atom. The summed E-state index contributed by atoms with van der Waals surface area (Å²) in [6.07, 6.45) is 22.1. The van der Waals surface area contributed by atoms with Crippen molar-refractivity contribution in [2.24, 2.45) is 0 Å². The molecule has 5 aromatic heterocycles. The maximum atomic E-state index is 12.8. The number of ether oxygens (including phenoxy) is 7. The standard InChI is InChI=1S/C26H29ClN2O3.C25H27ClN2O3.C20H17ClN2O2.C20H15F3N2O2.C20H18N2O2/c1-2-3-4-5-8-16-31-24-14-13-21(27)17-20(24)19-32-25-12-7-6-11-23(25)26(30)29-22-10-9-15-28-18-22;1-2-3-4-7-15-30-23-13-12-20(26)16-19(23)18-31-24-11-6-5-10-22(24)25(29)28-21-9-8-14-27-17-21;1-14-8-9-16(21)11-15(14)13-25-19-7-3-2-6-18(19)20(24)23-17-5-4-10-22-12-17;21-20(22,23)15-6-3-5-14(11-15)13-27-18-9-2-1-8-17(18)19(26)25-16-7-4-10-24-12-16;1-15-7-2-3-8-16(15)14-24-19-11-5-4-10-18(19)20(23)22-17-9-6-12-21-13-17/h6-7,9-15,17-18H,2-5,8,16,19H2,1H3,(H,29,30);5-6,8-14,16-17H,2-4,7,15,18H2,1H3,(H,28,29);2-12H,13H2,1H3,(H,23,24);1-12H,13H2,(H,25,26);2-13H,14H2,1H3,(H,22,23). The van der Waals surface area contributed by atoms with Gasteiger partial charge in [-0.25, -0.2) is 0 Å². The first-order valence-corrected chi connectivity index (χ1v) is 46.2. The minimum absolute atomic E-state index is 0.0961. The number of carbonyl (C=O) groups excluding carboxylic acids is 5. The second-order valence-electron chi connectivity index (χ2n) is 31.3. The van der Waals surface area contributed by atoms with Gasteiger partial charge in [0.05, 0.1) is 106 Å². The van der Waals surface area contributed by atoms with Crippen LogP contribution >= 0.6 is 34.8 Å². The van der Waals surface area contributed by atoms with E-state index < -0.39 is 17.6 Å². The molecule has 0 saturated heterocycles. The Kier molecular flexibility index (Phi) is 42.0. The highest BCUT2D eigenvalue weighted by molar-refractivity contribution is 6.31.